The van der Waals surface area contributed by atoms with Crippen molar-refractivity contribution in [1.29, 1.82) is 0 Å². The lowest BCUT2D eigenvalue weighted by Gasteiger charge is -2.07. The predicted molar refractivity (Wildman–Crippen MR) is 84.1 cm³/mol. The number of aromatic amines is 1. The van der Waals surface area contributed by atoms with Gasteiger partial charge in [0.1, 0.15) is 12.0 Å². The van der Waals surface area contributed by atoms with Gasteiger partial charge in [0.05, 0.1) is 5.69 Å². The van der Waals surface area contributed by atoms with Crippen molar-refractivity contribution in [1.82, 2.24) is 24.7 Å². The minimum Gasteiger partial charge on any atom is -0.345 e. The van der Waals surface area contributed by atoms with Crippen LogP contribution in [0.25, 0.3) is 28.1 Å². The second-order valence-electron chi connectivity index (χ2n) is 4.85. The van der Waals surface area contributed by atoms with Gasteiger partial charge >= 0.3 is 0 Å². The molecule has 0 radical (unpaired) electrons. The van der Waals surface area contributed by atoms with E-state index in [2.05, 4.69) is 36.1 Å². The first-order valence-electron chi connectivity index (χ1n) is 6.62. The Morgan fingerprint density at radius 1 is 1.22 bits per heavy atom. The molecule has 0 aliphatic heterocycles. The van der Waals surface area contributed by atoms with Crippen molar-refractivity contribution < 1.29 is 8.78 Å². The third-order valence-corrected chi connectivity index (χ3v) is 3.91. The summed E-state index contributed by atoms with van der Waals surface area (Å²) in [5, 5.41) is 8.68. The molecule has 0 aliphatic rings. The molecule has 0 spiro atoms. The van der Waals surface area contributed by atoms with Crippen LogP contribution in [0.15, 0.2) is 47.5 Å². The molecule has 3 aromatic heterocycles. The number of hydrogen-bond acceptors (Lipinski definition) is 3. The van der Waals surface area contributed by atoms with Crippen LogP contribution in [-0.4, -0.2) is 24.7 Å². The smallest absolute Gasteiger partial charge is 0.182 e. The molecule has 1 aromatic carbocycles. The number of pyridine rings is 1. The summed E-state index contributed by atoms with van der Waals surface area (Å²) in [6, 6.07) is 5.84. The van der Waals surface area contributed by atoms with Crippen molar-refractivity contribution in [3.63, 3.8) is 0 Å². The highest BCUT2D eigenvalue weighted by Crippen LogP contribution is 2.30. The van der Waals surface area contributed by atoms with E-state index in [9.17, 15) is 8.78 Å². The zero-order chi connectivity index (χ0) is 16.0. The monoisotopic (exact) mass is 375 g/mol. The maximum atomic E-state index is 14.1. The van der Waals surface area contributed by atoms with Crippen molar-refractivity contribution in [2.45, 2.75) is 0 Å². The Morgan fingerprint density at radius 3 is 2.96 bits per heavy atom. The number of nitrogens with zero attached hydrogens (tertiary/aromatic N) is 4. The number of rotatable bonds is 2. The van der Waals surface area contributed by atoms with Crippen molar-refractivity contribution >= 4 is 27.0 Å². The number of benzene rings is 1. The Balaban J connectivity index is 1.96. The molecular formula is C15H8BrF2N5. The van der Waals surface area contributed by atoms with Gasteiger partial charge in [0.15, 0.2) is 17.5 Å². The maximum absolute atomic E-state index is 14.1. The van der Waals surface area contributed by atoms with E-state index in [0.29, 0.717) is 17.0 Å². The molecular weight excluding hydrogens is 368 g/mol. The van der Waals surface area contributed by atoms with Crippen LogP contribution < -0.4 is 0 Å². The summed E-state index contributed by atoms with van der Waals surface area (Å²) in [4.78, 5) is 7.28. The van der Waals surface area contributed by atoms with Crippen molar-refractivity contribution in [2.75, 3.05) is 0 Å². The zero-order valence-electron chi connectivity index (χ0n) is 11.5. The van der Waals surface area contributed by atoms with Gasteiger partial charge in [-0.2, -0.15) is 0 Å². The average molecular weight is 376 g/mol. The quantitative estimate of drug-likeness (QED) is 0.578. The summed E-state index contributed by atoms with van der Waals surface area (Å²) in [5.41, 5.74) is 1.40. The molecule has 0 amide bonds. The largest absolute Gasteiger partial charge is 0.345 e. The van der Waals surface area contributed by atoms with E-state index in [1.807, 2.05) is 6.07 Å². The van der Waals surface area contributed by atoms with Crippen LogP contribution in [-0.2, 0) is 0 Å². The van der Waals surface area contributed by atoms with Crippen LogP contribution >= 0.6 is 15.9 Å². The fourth-order valence-electron chi connectivity index (χ4n) is 2.44. The van der Waals surface area contributed by atoms with Crippen molar-refractivity contribution in [3.05, 3.63) is 59.1 Å². The lowest BCUT2D eigenvalue weighted by molar-refractivity contribution is 0.504. The summed E-state index contributed by atoms with van der Waals surface area (Å²) in [6.45, 7) is 0. The molecule has 23 heavy (non-hydrogen) atoms. The van der Waals surface area contributed by atoms with E-state index in [0.717, 1.165) is 15.9 Å². The number of fused-ring (bicyclic) bond motifs is 1. The first-order chi connectivity index (χ1) is 11.1. The van der Waals surface area contributed by atoms with Gasteiger partial charge in [0.2, 0.25) is 0 Å². The highest BCUT2D eigenvalue weighted by Gasteiger charge is 2.18. The summed E-state index contributed by atoms with van der Waals surface area (Å²) in [5.74, 6) is -1.49. The van der Waals surface area contributed by atoms with Crippen LogP contribution in [0.5, 0.6) is 0 Å². The SMILES string of the molecule is Fc1cccc(-n2cnnc2-c2c[nH]c3ncc(Br)cc23)c1F. The number of hydrogen-bond donors (Lipinski definition) is 1. The number of aromatic nitrogens is 5. The maximum Gasteiger partial charge on any atom is 0.182 e. The average Bonchev–Trinajstić information content (AvgIpc) is 3.15. The molecule has 0 aliphatic carbocycles. The van der Waals surface area contributed by atoms with Gasteiger partial charge in [-0.3, -0.25) is 4.57 Å². The molecule has 4 rings (SSSR count). The molecule has 114 valence electrons. The Hall–Kier alpha value is -2.61. The first-order valence-corrected chi connectivity index (χ1v) is 7.42. The van der Waals surface area contributed by atoms with E-state index in [-0.39, 0.29) is 5.69 Å². The highest BCUT2D eigenvalue weighted by molar-refractivity contribution is 9.10. The summed E-state index contributed by atoms with van der Waals surface area (Å²) in [6.07, 6.45) is 4.72. The summed E-state index contributed by atoms with van der Waals surface area (Å²) >= 11 is 3.37. The second kappa shape index (κ2) is 5.24. The van der Waals surface area contributed by atoms with Crippen LogP contribution in [0.3, 0.4) is 0 Å². The second-order valence-corrected chi connectivity index (χ2v) is 5.77. The first kappa shape index (κ1) is 14.0. The zero-order valence-corrected chi connectivity index (χ0v) is 13.1. The Kier molecular flexibility index (Phi) is 3.19. The third kappa shape index (κ3) is 2.22. The minimum absolute atomic E-state index is 0.0438. The lowest BCUT2D eigenvalue weighted by Crippen LogP contribution is -2.01. The molecule has 0 unspecified atom stereocenters. The van der Waals surface area contributed by atoms with Gasteiger partial charge in [0, 0.05) is 27.8 Å². The van der Waals surface area contributed by atoms with E-state index in [1.165, 1.54) is 23.0 Å². The van der Waals surface area contributed by atoms with Gasteiger partial charge in [-0.05, 0) is 34.1 Å². The van der Waals surface area contributed by atoms with Gasteiger partial charge < -0.3 is 4.98 Å². The van der Waals surface area contributed by atoms with Gasteiger partial charge in [-0.25, -0.2) is 13.8 Å². The molecule has 4 aromatic rings. The van der Waals surface area contributed by atoms with Gasteiger partial charge in [0.25, 0.3) is 0 Å². The van der Waals surface area contributed by atoms with Crippen molar-refractivity contribution in [2.24, 2.45) is 0 Å². The van der Waals surface area contributed by atoms with Crippen LogP contribution in [0.1, 0.15) is 0 Å². The lowest BCUT2D eigenvalue weighted by atomic mass is 10.2. The molecule has 1 N–H and O–H groups in total. The van der Waals surface area contributed by atoms with E-state index in [4.69, 9.17) is 0 Å². The number of H-pyrrole nitrogens is 1. The van der Waals surface area contributed by atoms with Crippen LogP contribution in [0.2, 0.25) is 0 Å². The minimum atomic E-state index is -0.951. The summed E-state index contributed by atoms with van der Waals surface area (Å²) in [7, 11) is 0. The molecule has 0 saturated heterocycles. The fraction of sp³-hybridized carbons (Fsp3) is 0. The molecule has 0 atom stereocenters. The Morgan fingerprint density at radius 2 is 2.09 bits per heavy atom. The number of halogens is 3. The van der Waals surface area contributed by atoms with E-state index in [1.54, 1.807) is 12.4 Å². The molecule has 0 fully saturated rings. The predicted octanol–water partition coefficient (Wildman–Crippen LogP) is 3.85. The normalized spacial score (nSPS) is 11.3. The topological polar surface area (TPSA) is 59.4 Å². The Bertz CT molecular complexity index is 1020. The summed E-state index contributed by atoms with van der Waals surface area (Å²) < 4.78 is 29.8. The third-order valence-electron chi connectivity index (χ3n) is 3.48. The van der Waals surface area contributed by atoms with Gasteiger partial charge in [-0.15, -0.1) is 10.2 Å². The van der Waals surface area contributed by atoms with Crippen LogP contribution in [0.4, 0.5) is 8.78 Å². The van der Waals surface area contributed by atoms with Crippen molar-refractivity contribution in [3.8, 4) is 17.1 Å². The molecule has 0 saturated carbocycles. The van der Waals surface area contributed by atoms with Crippen LogP contribution in [0, 0.1) is 11.6 Å². The molecule has 8 heteroatoms. The highest BCUT2D eigenvalue weighted by atomic mass is 79.9. The Labute approximate surface area is 137 Å². The number of nitrogens with one attached hydrogen (secondary N) is 1. The molecule has 5 nitrogen and oxygen atoms in total. The molecule has 0 bridgehead atoms. The molecule has 3 heterocycles. The fourth-order valence-corrected chi connectivity index (χ4v) is 2.77. The van der Waals surface area contributed by atoms with Gasteiger partial charge in [-0.1, -0.05) is 6.07 Å². The standard InChI is InChI=1S/C15H8BrF2N5/c16-8-4-9-10(6-20-14(9)19-5-8)15-22-21-7-23(15)12-3-1-2-11(17)13(12)18/h1-7H,(H,19,20). The van der Waals surface area contributed by atoms with E-state index < -0.39 is 11.6 Å². The van der Waals surface area contributed by atoms with E-state index >= 15 is 0 Å².